The van der Waals surface area contributed by atoms with Gasteiger partial charge in [-0.3, -0.25) is 4.79 Å². The van der Waals surface area contributed by atoms with Gasteiger partial charge in [0.15, 0.2) is 6.61 Å². The van der Waals surface area contributed by atoms with Crippen molar-refractivity contribution in [3.8, 4) is 11.4 Å². The van der Waals surface area contributed by atoms with Crippen molar-refractivity contribution in [2.45, 2.75) is 0 Å². The molecule has 4 aromatic rings. The summed E-state index contributed by atoms with van der Waals surface area (Å²) in [4.78, 5) is 12.0. The van der Waals surface area contributed by atoms with Crippen molar-refractivity contribution < 1.29 is 9.53 Å². The van der Waals surface area contributed by atoms with Gasteiger partial charge in [0, 0.05) is 11.9 Å². The normalized spacial score (nSPS) is 11.1. The van der Waals surface area contributed by atoms with Crippen LogP contribution in [-0.4, -0.2) is 23.3 Å². The number of hydrazone groups is 1. The van der Waals surface area contributed by atoms with Crippen LogP contribution in [0.1, 0.15) is 5.69 Å². The van der Waals surface area contributed by atoms with E-state index in [-0.39, 0.29) is 12.5 Å². The molecule has 0 saturated heterocycles. The van der Waals surface area contributed by atoms with Crippen LogP contribution in [0.3, 0.4) is 0 Å². The molecule has 1 amide bonds. The average molecular weight is 404 g/mol. The molecule has 1 heterocycles. The number of nitrogens with one attached hydrogen (secondary N) is 1. The van der Waals surface area contributed by atoms with Crippen LogP contribution in [0.5, 0.6) is 5.75 Å². The molecule has 29 heavy (non-hydrogen) atoms. The van der Waals surface area contributed by atoms with E-state index in [1.165, 1.54) is 5.39 Å². The Hall–Kier alpha value is -3.57. The van der Waals surface area contributed by atoms with E-state index in [1.807, 2.05) is 35.0 Å². The molecule has 0 radical (unpaired) electrons. The second-order valence-corrected chi connectivity index (χ2v) is 6.75. The molecule has 0 fully saturated rings. The molecular weight excluding hydrogens is 386 g/mol. The number of rotatable bonds is 6. The molecule has 4 rings (SSSR count). The minimum atomic E-state index is -0.370. The number of carbonyl (C=O) groups is 1. The molecule has 0 aliphatic heterocycles. The zero-order chi connectivity index (χ0) is 20.1. The van der Waals surface area contributed by atoms with Crippen molar-refractivity contribution >= 4 is 34.5 Å². The number of fused-ring (bicyclic) bond motifs is 1. The van der Waals surface area contributed by atoms with Crippen LogP contribution in [-0.2, 0) is 4.79 Å². The van der Waals surface area contributed by atoms with Crippen molar-refractivity contribution in [3.05, 3.63) is 95.8 Å². The van der Waals surface area contributed by atoms with Gasteiger partial charge in [0.2, 0.25) is 0 Å². The highest BCUT2D eigenvalue weighted by atomic mass is 35.5. The van der Waals surface area contributed by atoms with Gasteiger partial charge in [-0.2, -0.15) is 5.10 Å². The Morgan fingerprint density at radius 1 is 1.00 bits per heavy atom. The third-order valence-corrected chi connectivity index (χ3v) is 4.69. The third kappa shape index (κ3) is 4.47. The molecule has 0 bridgehead atoms. The Morgan fingerprint density at radius 2 is 1.79 bits per heavy atom. The maximum absolute atomic E-state index is 12.0. The maximum Gasteiger partial charge on any atom is 0.277 e. The minimum absolute atomic E-state index is 0.174. The van der Waals surface area contributed by atoms with E-state index in [2.05, 4.69) is 40.9 Å². The van der Waals surface area contributed by atoms with Crippen LogP contribution in [0, 0.1) is 0 Å². The molecule has 1 N–H and O–H groups in total. The number of aromatic nitrogens is 1. The summed E-state index contributed by atoms with van der Waals surface area (Å²) in [5.41, 5.74) is 4.33. The van der Waals surface area contributed by atoms with E-state index in [9.17, 15) is 4.79 Å². The first-order valence-corrected chi connectivity index (χ1v) is 9.44. The second kappa shape index (κ2) is 8.63. The molecule has 0 atom stereocenters. The summed E-state index contributed by atoms with van der Waals surface area (Å²) < 4.78 is 7.40. The highest BCUT2D eigenvalue weighted by Gasteiger charge is 2.05. The van der Waals surface area contributed by atoms with Gasteiger partial charge in [0.05, 0.1) is 16.9 Å². The summed E-state index contributed by atoms with van der Waals surface area (Å²) in [5, 5.41) is 6.84. The fourth-order valence-corrected chi connectivity index (χ4v) is 3.16. The second-order valence-electron chi connectivity index (χ2n) is 6.35. The fraction of sp³-hybridized carbons (Fsp3) is 0.0435. The summed E-state index contributed by atoms with van der Waals surface area (Å²) in [6, 6.07) is 25.3. The number of benzene rings is 3. The number of carbonyl (C=O) groups excluding carboxylic acids is 1. The highest BCUT2D eigenvalue weighted by Crippen LogP contribution is 2.23. The van der Waals surface area contributed by atoms with Crippen molar-refractivity contribution in [1.29, 1.82) is 0 Å². The van der Waals surface area contributed by atoms with Crippen molar-refractivity contribution in [3.63, 3.8) is 0 Å². The quantitative estimate of drug-likeness (QED) is 0.371. The number of amides is 1. The van der Waals surface area contributed by atoms with Gasteiger partial charge in [-0.05, 0) is 47.2 Å². The predicted octanol–water partition coefficient (Wildman–Crippen LogP) is 4.81. The molecule has 0 saturated carbocycles. The van der Waals surface area contributed by atoms with Crippen LogP contribution in [0.15, 0.2) is 90.2 Å². The van der Waals surface area contributed by atoms with Crippen LogP contribution in [0.2, 0.25) is 5.02 Å². The van der Waals surface area contributed by atoms with Gasteiger partial charge in [-0.1, -0.05) is 54.1 Å². The molecule has 144 valence electrons. The van der Waals surface area contributed by atoms with E-state index in [4.69, 9.17) is 16.3 Å². The lowest BCUT2D eigenvalue weighted by atomic mass is 10.1. The maximum atomic E-state index is 12.0. The fourth-order valence-electron chi connectivity index (χ4n) is 2.97. The first-order valence-electron chi connectivity index (χ1n) is 9.06. The highest BCUT2D eigenvalue weighted by molar-refractivity contribution is 6.32. The first-order chi connectivity index (χ1) is 14.2. The first kappa shape index (κ1) is 18.8. The molecule has 1 aromatic heterocycles. The van der Waals surface area contributed by atoms with E-state index < -0.39 is 0 Å². The standard InChI is InChI=1S/C23H18ClN3O2/c24-21-9-3-4-10-22(21)29-16-23(28)26-25-15-20-8-5-13-27(20)19-12-11-17-6-1-2-7-18(17)14-19/h1-15H,16H2,(H,26,28)/b25-15-. The zero-order valence-corrected chi connectivity index (χ0v) is 16.2. The Morgan fingerprint density at radius 3 is 2.66 bits per heavy atom. The minimum Gasteiger partial charge on any atom is -0.482 e. The Kier molecular flexibility index (Phi) is 5.59. The lowest BCUT2D eigenvalue weighted by molar-refractivity contribution is -0.123. The van der Waals surface area contributed by atoms with Crippen molar-refractivity contribution in [2.24, 2.45) is 5.10 Å². The third-order valence-electron chi connectivity index (χ3n) is 4.37. The van der Waals surface area contributed by atoms with E-state index >= 15 is 0 Å². The molecule has 0 aliphatic rings. The Balaban J connectivity index is 1.41. The number of halogens is 1. The number of nitrogens with zero attached hydrogens (tertiary/aromatic N) is 2. The largest absolute Gasteiger partial charge is 0.482 e. The van der Waals surface area contributed by atoms with E-state index in [0.717, 1.165) is 16.8 Å². The SMILES string of the molecule is O=C(COc1ccccc1Cl)N/N=C\c1cccn1-c1ccc2ccccc2c1. The number of para-hydroxylation sites is 1. The van der Waals surface area contributed by atoms with Gasteiger partial charge in [-0.15, -0.1) is 0 Å². The van der Waals surface area contributed by atoms with Crippen LogP contribution < -0.4 is 10.2 Å². The van der Waals surface area contributed by atoms with Crippen LogP contribution >= 0.6 is 11.6 Å². The van der Waals surface area contributed by atoms with Crippen molar-refractivity contribution in [2.75, 3.05) is 6.61 Å². The molecule has 3 aromatic carbocycles. The van der Waals surface area contributed by atoms with Crippen molar-refractivity contribution in [1.82, 2.24) is 9.99 Å². The van der Waals surface area contributed by atoms with Crippen LogP contribution in [0.4, 0.5) is 0 Å². The number of hydrogen-bond donors (Lipinski definition) is 1. The van der Waals surface area contributed by atoms with E-state index in [1.54, 1.807) is 30.5 Å². The number of hydrogen-bond acceptors (Lipinski definition) is 3. The number of ether oxygens (including phenoxy) is 1. The topological polar surface area (TPSA) is 55.6 Å². The van der Waals surface area contributed by atoms with E-state index in [0.29, 0.717) is 10.8 Å². The molecule has 0 spiro atoms. The Bertz CT molecular complexity index is 1180. The molecule has 0 unspecified atom stereocenters. The Labute approximate surface area is 173 Å². The van der Waals surface area contributed by atoms with Gasteiger partial charge < -0.3 is 9.30 Å². The average Bonchev–Trinajstić information content (AvgIpc) is 3.21. The van der Waals surface area contributed by atoms with Gasteiger partial charge in [0.25, 0.3) is 5.91 Å². The lowest BCUT2D eigenvalue weighted by Crippen LogP contribution is -2.24. The smallest absolute Gasteiger partial charge is 0.277 e. The van der Waals surface area contributed by atoms with Gasteiger partial charge in [-0.25, -0.2) is 5.43 Å². The molecule has 6 heteroatoms. The molecule has 5 nitrogen and oxygen atoms in total. The van der Waals surface area contributed by atoms with Gasteiger partial charge in [0.1, 0.15) is 5.75 Å². The molecular formula is C23H18ClN3O2. The summed E-state index contributed by atoms with van der Waals surface area (Å²) in [6.07, 6.45) is 3.55. The zero-order valence-electron chi connectivity index (χ0n) is 15.5. The summed E-state index contributed by atoms with van der Waals surface area (Å²) in [5.74, 6) is 0.0865. The van der Waals surface area contributed by atoms with Gasteiger partial charge >= 0.3 is 0 Å². The summed E-state index contributed by atoms with van der Waals surface area (Å²) >= 11 is 6.00. The monoisotopic (exact) mass is 403 g/mol. The van der Waals surface area contributed by atoms with Crippen LogP contribution in [0.25, 0.3) is 16.5 Å². The lowest BCUT2D eigenvalue weighted by Gasteiger charge is -2.08. The predicted molar refractivity (Wildman–Crippen MR) is 116 cm³/mol. The summed E-state index contributed by atoms with van der Waals surface area (Å²) in [7, 11) is 0. The molecule has 0 aliphatic carbocycles. The summed E-state index contributed by atoms with van der Waals surface area (Å²) in [6.45, 7) is -0.174.